The Morgan fingerprint density at radius 2 is 1.46 bits per heavy atom. The van der Waals surface area contributed by atoms with Gasteiger partial charge in [0.2, 0.25) is 0 Å². The van der Waals surface area contributed by atoms with Gasteiger partial charge in [-0.3, -0.25) is 0 Å². The van der Waals surface area contributed by atoms with E-state index in [2.05, 4.69) is 24.1 Å². The van der Waals surface area contributed by atoms with Crippen LogP contribution in [0, 0.1) is 12.0 Å². The Hall–Kier alpha value is -1.24. The quantitative estimate of drug-likeness (QED) is 0.520. The highest BCUT2D eigenvalue weighted by molar-refractivity contribution is 6.54. The summed E-state index contributed by atoms with van der Waals surface area (Å²) in [7, 11) is 4.05. The molecule has 0 aliphatic carbocycles. The highest BCUT2D eigenvalue weighted by Gasteiger charge is 2.17. The van der Waals surface area contributed by atoms with Crippen molar-refractivity contribution in [3.63, 3.8) is 0 Å². The van der Waals surface area contributed by atoms with E-state index in [9.17, 15) is 0 Å². The van der Waals surface area contributed by atoms with Gasteiger partial charge in [0.05, 0.1) is 24.2 Å². The van der Waals surface area contributed by atoms with Crippen LogP contribution in [0.2, 0.25) is 0 Å². The second-order valence-corrected chi connectivity index (χ2v) is 6.71. The molecule has 0 bridgehead atoms. The zero-order valence-corrected chi connectivity index (χ0v) is 16.9. The molecule has 0 N–H and O–H groups in total. The van der Waals surface area contributed by atoms with Crippen LogP contribution >= 0.6 is 23.2 Å². The first-order valence-corrected chi connectivity index (χ1v) is 8.20. The average Bonchev–Trinajstić information content (AvgIpc) is 2.55. The van der Waals surface area contributed by atoms with Gasteiger partial charge >= 0.3 is 0 Å². The minimum Gasteiger partial charge on any atom is -1.00 e. The molecule has 0 fully saturated rings. The van der Waals surface area contributed by atoms with Crippen LogP contribution in [0.1, 0.15) is 11.1 Å². The van der Waals surface area contributed by atoms with Crippen molar-refractivity contribution in [1.29, 1.82) is 0 Å². The summed E-state index contributed by atoms with van der Waals surface area (Å²) in [4.78, 5) is 0. The third-order valence-electron chi connectivity index (χ3n) is 3.32. The van der Waals surface area contributed by atoms with E-state index in [0.29, 0.717) is 21.1 Å². The van der Waals surface area contributed by atoms with Crippen LogP contribution in [-0.2, 0) is 6.42 Å². The van der Waals surface area contributed by atoms with Gasteiger partial charge in [-0.25, -0.2) is 4.48 Å². The Morgan fingerprint density at radius 3 is 2.04 bits per heavy atom. The molecule has 0 spiro atoms. The lowest BCUT2D eigenvalue weighted by Crippen LogP contribution is -3.00. The number of likely N-dealkylation sites (N-methyl/N-ethyl adjacent to an activating group) is 1. The van der Waals surface area contributed by atoms with Crippen LogP contribution in [0.3, 0.4) is 0 Å². The summed E-state index contributed by atoms with van der Waals surface area (Å²) in [6.45, 7) is 0.567. The molecule has 0 atom stereocenters. The van der Waals surface area contributed by atoms with Crippen molar-refractivity contribution in [3.05, 3.63) is 76.8 Å². The third-order valence-corrected chi connectivity index (χ3v) is 4.17. The highest BCUT2D eigenvalue weighted by atomic mass is 79.9. The van der Waals surface area contributed by atoms with Crippen molar-refractivity contribution in [2.45, 2.75) is 6.42 Å². The Morgan fingerprint density at radius 1 is 0.917 bits per heavy atom. The topological polar surface area (TPSA) is 0 Å². The van der Waals surface area contributed by atoms with Gasteiger partial charge in [0.25, 0.3) is 0 Å². The number of halogens is 3. The van der Waals surface area contributed by atoms with Crippen molar-refractivity contribution in [2.75, 3.05) is 20.6 Å². The molecule has 24 heavy (non-hydrogen) atoms. The first kappa shape index (κ1) is 20.8. The molecule has 0 saturated carbocycles. The maximum Gasteiger partial charge on any atom is 0.137 e. The van der Waals surface area contributed by atoms with Gasteiger partial charge in [-0.2, -0.15) is 0 Å². The molecule has 0 radical (unpaired) electrons. The lowest BCUT2D eigenvalue weighted by atomic mass is 10.2. The predicted molar refractivity (Wildman–Crippen MR) is 100.0 cm³/mol. The molecule has 2 aromatic carbocycles. The summed E-state index contributed by atoms with van der Waals surface area (Å²) in [5.41, 5.74) is 2.14. The smallest absolute Gasteiger partial charge is 0.137 e. The van der Waals surface area contributed by atoms with Crippen molar-refractivity contribution in [3.8, 4) is 12.0 Å². The van der Waals surface area contributed by atoms with Gasteiger partial charge < -0.3 is 17.0 Å². The van der Waals surface area contributed by atoms with E-state index in [4.69, 9.17) is 23.2 Å². The second-order valence-electron chi connectivity index (χ2n) is 5.88. The molecule has 1 nitrogen and oxygen atoms in total. The summed E-state index contributed by atoms with van der Waals surface area (Å²) < 4.78 is 0.467. The molecule has 0 aliphatic rings. The fourth-order valence-electron chi connectivity index (χ4n) is 2.15. The van der Waals surface area contributed by atoms with Crippen LogP contribution in [0.4, 0.5) is 0 Å². The number of nitrogens with zero attached hydrogens (tertiary/aromatic N) is 1. The van der Waals surface area contributed by atoms with Crippen molar-refractivity contribution in [2.24, 2.45) is 0 Å². The summed E-state index contributed by atoms with van der Waals surface area (Å²) >= 11 is 12.8. The zero-order valence-electron chi connectivity index (χ0n) is 13.8. The number of benzene rings is 2. The maximum absolute atomic E-state index is 6.41. The Kier molecular flexibility index (Phi) is 8.59. The summed E-state index contributed by atoms with van der Waals surface area (Å²) in [5, 5.41) is 1.21. The lowest BCUT2D eigenvalue weighted by Gasteiger charge is -2.21. The van der Waals surface area contributed by atoms with E-state index >= 15 is 0 Å². The largest absolute Gasteiger partial charge is 1.00 e. The Bertz CT molecular complexity index is 728. The van der Waals surface area contributed by atoms with E-state index in [-0.39, 0.29) is 17.0 Å². The standard InChI is InChI=1S/C20H20Cl2N.BrH/c1-23(2,15-9-12-17-10-5-3-6-11-17)16-19(21)20(22)18-13-7-4-8-14-18;/h3-8,10-11,13-14H,12,16H2,1-2H3;1H/q+1;/p-1. The van der Waals surface area contributed by atoms with Gasteiger partial charge in [0, 0.05) is 6.42 Å². The second kappa shape index (κ2) is 9.91. The van der Waals surface area contributed by atoms with E-state index in [1.54, 1.807) is 0 Å². The van der Waals surface area contributed by atoms with Crippen LogP contribution < -0.4 is 17.0 Å². The summed E-state index contributed by atoms with van der Waals surface area (Å²) in [6.07, 6.45) is 0.732. The highest BCUT2D eigenvalue weighted by Crippen LogP contribution is 2.26. The van der Waals surface area contributed by atoms with E-state index < -0.39 is 0 Å². The first-order chi connectivity index (χ1) is 11.0. The van der Waals surface area contributed by atoms with Gasteiger partial charge in [-0.1, -0.05) is 83.9 Å². The fraction of sp³-hybridized carbons (Fsp3) is 0.200. The van der Waals surface area contributed by atoms with Crippen LogP contribution in [0.5, 0.6) is 0 Å². The van der Waals surface area contributed by atoms with E-state index in [1.165, 1.54) is 5.56 Å². The maximum atomic E-state index is 6.41. The number of rotatable bonds is 4. The molecular formula is C20H20BrCl2N. The molecule has 0 unspecified atom stereocenters. The van der Waals surface area contributed by atoms with Crippen molar-refractivity contribution in [1.82, 2.24) is 0 Å². The SMILES string of the molecule is C[N+](C)(C#CCc1ccccc1)CC(Cl)=C(Cl)c1ccccc1.[Br-]. The van der Waals surface area contributed by atoms with Crippen LogP contribution in [0.25, 0.3) is 5.03 Å². The molecule has 4 heteroatoms. The van der Waals surface area contributed by atoms with Gasteiger partial charge in [0.15, 0.2) is 0 Å². The van der Waals surface area contributed by atoms with Crippen LogP contribution in [-0.4, -0.2) is 25.1 Å². The van der Waals surface area contributed by atoms with Crippen molar-refractivity contribution >= 4 is 28.2 Å². The zero-order chi connectivity index (χ0) is 16.7. The summed E-state index contributed by atoms with van der Waals surface area (Å²) in [6, 6.07) is 23.2. The van der Waals surface area contributed by atoms with Crippen LogP contribution in [0.15, 0.2) is 65.7 Å². The minimum absolute atomic E-state index is 0. The first-order valence-electron chi connectivity index (χ1n) is 7.44. The molecular weight excluding hydrogens is 405 g/mol. The van der Waals surface area contributed by atoms with E-state index in [0.717, 1.165) is 12.0 Å². The monoisotopic (exact) mass is 423 g/mol. The van der Waals surface area contributed by atoms with Gasteiger partial charge in [-0.05, 0) is 17.0 Å². The molecule has 0 aliphatic heterocycles. The molecule has 0 aromatic heterocycles. The van der Waals surface area contributed by atoms with Gasteiger partial charge in [0.1, 0.15) is 12.6 Å². The lowest BCUT2D eigenvalue weighted by molar-refractivity contribution is -0.816. The number of hydrogen-bond donors (Lipinski definition) is 0. The fourth-order valence-corrected chi connectivity index (χ4v) is 2.74. The molecule has 126 valence electrons. The Labute approximate surface area is 165 Å². The average molecular weight is 425 g/mol. The predicted octanol–water partition coefficient (Wildman–Crippen LogP) is 2.12. The molecule has 0 heterocycles. The third kappa shape index (κ3) is 6.71. The number of hydrogen-bond acceptors (Lipinski definition) is 0. The van der Waals surface area contributed by atoms with Gasteiger partial charge in [-0.15, -0.1) is 0 Å². The Balaban J connectivity index is 0.00000288. The van der Waals surface area contributed by atoms with Crippen molar-refractivity contribution < 1.29 is 21.5 Å². The summed E-state index contributed by atoms with van der Waals surface area (Å²) in [5.74, 6) is 3.22. The molecule has 0 saturated heterocycles. The number of quaternary nitrogens is 1. The molecule has 0 amide bonds. The molecule has 2 aromatic rings. The molecule has 2 rings (SSSR count). The van der Waals surface area contributed by atoms with E-state index in [1.807, 2.05) is 62.6 Å². The normalized spacial score (nSPS) is 11.7. The minimum atomic E-state index is 0.